The highest BCUT2D eigenvalue weighted by atomic mass is 27.0. The van der Waals surface area contributed by atoms with Crippen LogP contribution in [-0.4, -0.2) is 17.4 Å². The normalized spacial score (nSPS) is 7.17. The van der Waals surface area contributed by atoms with E-state index in [2.05, 4.69) is 6.58 Å². The van der Waals surface area contributed by atoms with Crippen LogP contribution in [0.5, 0.6) is 0 Å². The Morgan fingerprint density at radius 3 is 1.83 bits per heavy atom. The molecule has 0 aliphatic carbocycles. The van der Waals surface area contributed by atoms with Crippen molar-refractivity contribution in [2.75, 3.05) is 0 Å². The maximum Gasteiger partial charge on any atom is 0 e. The topological polar surface area (TPSA) is 0 Å². The van der Waals surface area contributed by atoms with Crippen LogP contribution in [0.4, 0.5) is 0 Å². The Morgan fingerprint density at radius 2 is 1.83 bits per heavy atom. The molecule has 0 amide bonds. The highest BCUT2D eigenvalue weighted by Gasteiger charge is 1.75. The molecule has 0 heterocycles. The fraction of sp³-hybridized carbons (Fsp3) is 0.400. The van der Waals surface area contributed by atoms with Crippen molar-refractivity contribution in [3.05, 3.63) is 18.6 Å². The van der Waals surface area contributed by atoms with E-state index >= 15 is 0 Å². The highest BCUT2D eigenvalue weighted by molar-refractivity contribution is 5.75. The van der Waals surface area contributed by atoms with Gasteiger partial charge >= 0.3 is 0 Å². The van der Waals surface area contributed by atoms with Crippen molar-refractivity contribution in [3.63, 3.8) is 0 Å². The van der Waals surface area contributed by atoms with Crippen LogP contribution in [0.3, 0.4) is 0 Å². The van der Waals surface area contributed by atoms with E-state index in [1.54, 1.807) is 0 Å². The van der Waals surface area contributed by atoms with Crippen molar-refractivity contribution in [1.29, 1.82) is 0 Å². The lowest BCUT2D eigenvalue weighted by atomic mass is 10.2. The molecule has 6 heavy (non-hydrogen) atoms. The molecule has 1 heteroatoms. The largest absolute Gasteiger partial charge is 0.103 e. The van der Waals surface area contributed by atoms with Crippen LogP contribution in [0.1, 0.15) is 16.7 Å². The number of allylic oxidation sites excluding steroid dienone is 1. The summed E-state index contributed by atoms with van der Waals surface area (Å²) in [5.41, 5.74) is 0. The van der Waals surface area contributed by atoms with E-state index in [4.69, 9.17) is 0 Å². The Kier molecular flexibility index (Phi) is 8.39. The molecule has 0 nitrogen and oxygen atoms in total. The highest BCUT2D eigenvalue weighted by Crippen LogP contribution is 1.90. The third kappa shape index (κ3) is 8.86. The van der Waals surface area contributed by atoms with Gasteiger partial charge in [-0.25, -0.2) is 0 Å². The minimum Gasteiger partial charge on any atom is -0.103 e. The summed E-state index contributed by atoms with van der Waals surface area (Å²) in [4.78, 5) is 0. The molecule has 0 spiro atoms. The molecule has 0 aromatic heterocycles. The Bertz CT molecular complexity index is 37.4. The molecule has 0 aliphatic heterocycles. The van der Waals surface area contributed by atoms with Crippen molar-refractivity contribution in [2.24, 2.45) is 0 Å². The van der Waals surface area contributed by atoms with Gasteiger partial charge in [-0.3, -0.25) is 0 Å². The fourth-order valence-corrected chi connectivity index (χ4v) is 0. The quantitative estimate of drug-likeness (QED) is 0.441. The SMILES string of the molecule is C=C[C](C)C.[Al].[HH].[HH]. The first-order valence-electron chi connectivity index (χ1n) is 1.70. The lowest BCUT2D eigenvalue weighted by molar-refractivity contribution is 1.21. The summed E-state index contributed by atoms with van der Waals surface area (Å²) in [6.45, 7) is 7.56. The van der Waals surface area contributed by atoms with Gasteiger partial charge in [-0.15, -0.1) is 6.58 Å². The maximum absolute atomic E-state index is 3.52. The average Bonchev–Trinajstić information content (AvgIpc) is 1.38. The molecule has 0 saturated heterocycles. The van der Waals surface area contributed by atoms with Crippen LogP contribution < -0.4 is 0 Å². The second-order valence-corrected chi connectivity index (χ2v) is 1.28. The van der Waals surface area contributed by atoms with Gasteiger partial charge in [0.25, 0.3) is 0 Å². The van der Waals surface area contributed by atoms with Crippen LogP contribution in [0.25, 0.3) is 0 Å². The number of hydrogen-bond donors (Lipinski definition) is 0. The van der Waals surface area contributed by atoms with E-state index in [9.17, 15) is 0 Å². The summed E-state index contributed by atoms with van der Waals surface area (Å²) in [5, 5.41) is 0. The van der Waals surface area contributed by atoms with Gasteiger partial charge in [0.15, 0.2) is 0 Å². The van der Waals surface area contributed by atoms with Crippen molar-refractivity contribution in [3.8, 4) is 0 Å². The molecule has 0 rings (SSSR count). The minimum absolute atomic E-state index is 0. The van der Waals surface area contributed by atoms with Gasteiger partial charge in [0.1, 0.15) is 0 Å². The Labute approximate surface area is 53.4 Å². The standard InChI is InChI=1S/C5H9.Al.2H2/c1-4-5(2)3;;;/h4H,1H2,2-3H3;;2*1H. The van der Waals surface area contributed by atoms with Gasteiger partial charge in [-0.2, -0.15) is 0 Å². The molecule has 36 valence electrons. The van der Waals surface area contributed by atoms with E-state index in [0.29, 0.717) is 0 Å². The second-order valence-electron chi connectivity index (χ2n) is 1.28. The monoisotopic (exact) mass is 100 g/mol. The van der Waals surface area contributed by atoms with Crippen LogP contribution >= 0.6 is 0 Å². The van der Waals surface area contributed by atoms with Crippen LogP contribution in [0.15, 0.2) is 12.7 Å². The van der Waals surface area contributed by atoms with Crippen LogP contribution in [0, 0.1) is 5.92 Å². The first-order chi connectivity index (χ1) is 2.27. The molecule has 0 aromatic rings. The molecule has 0 aliphatic rings. The van der Waals surface area contributed by atoms with Gasteiger partial charge in [0.2, 0.25) is 0 Å². The molecule has 0 bridgehead atoms. The molecule has 0 unspecified atom stereocenters. The molecule has 0 atom stereocenters. The number of rotatable bonds is 1. The summed E-state index contributed by atoms with van der Waals surface area (Å²) in [7, 11) is 0. The smallest absolute Gasteiger partial charge is 0 e. The zero-order chi connectivity index (χ0) is 4.28. The summed E-state index contributed by atoms with van der Waals surface area (Å²) in [6, 6.07) is 0. The van der Waals surface area contributed by atoms with Gasteiger partial charge < -0.3 is 0 Å². The first kappa shape index (κ1) is 9.55. The van der Waals surface area contributed by atoms with Crippen molar-refractivity contribution < 1.29 is 2.85 Å². The molecule has 0 fully saturated rings. The zero-order valence-electron chi connectivity index (χ0n) is 4.36. The first-order valence-corrected chi connectivity index (χ1v) is 1.70. The Balaban J connectivity index is -0.0000000267. The van der Waals surface area contributed by atoms with Gasteiger partial charge in [0, 0.05) is 20.2 Å². The predicted molar refractivity (Wildman–Crippen MR) is 34.8 cm³/mol. The van der Waals surface area contributed by atoms with Gasteiger partial charge in [0.05, 0.1) is 0 Å². The lowest BCUT2D eigenvalue weighted by Crippen LogP contribution is -1.67. The van der Waals surface area contributed by atoms with E-state index in [0.717, 1.165) is 0 Å². The molecule has 4 radical (unpaired) electrons. The van der Waals surface area contributed by atoms with E-state index in [-0.39, 0.29) is 20.2 Å². The van der Waals surface area contributed by atoms with Gasteiger partial charge in [-0.1, -0.05) is 19.9 Å². The Hall–Kier alpha value is 0.272. The summed E-state index contributed by atoms with van der Waals surface area (Å²) < 4.78 is 0. The fourth-order valence-electron chi connectivity index (χ4n) is 0. The third-order valence-electron chi connectivity index (χ3n) is 0.408. The molecule has 0 N–H and O–H groups in total. The summed E-state index contributed by atoms with van der Waals surface area (Å²) in [6.07, 6.45) is 1.83. The van der Waals surface area contributed by atoms with Crippen LogP contribution in [-0.2, 0) is 0 Å². The lowest BCUT2D eigenvalue weighted by Gasteiger charge is -1.83. The van der Waals surface area contributed by atoms with Crippen molar-refractivity contribution in [1.82, 2.24) is 0 Å². The van der Waals surface area contributed by atoms with E-state index in [1.807, 2.05) is 19.9 Å². The molecule has 0 aromatic carbocycles. The summed E-state index contributed by atoms with van der Waals surface area (Å²) in [5.74, 6) is 1.27. The van der Waals surface area contributed by atoms with Gasteiger partial charge in [-0.05, 0) is 5.92 Å². The second kappa shape index (κ2) is 5.27. The van der Waals surface area contributed by atoms with Crippen LogP contribution in [0.2, 0.25) is 0 Å². The average molecular weight is 100 g/mol. The Morgan fingerprint density at radius 1 is 1.67 bits per heavy atom. The minimum atomic E-state index is 0. The number of hydrogen-bond acceptors (Lipinski definition) is 0. The molecular formula is C5H13Al. The zero-order valence-corrected chi connectivity index (χ0v) is 5.52. The van der Waals surface area contributed by atoms with Crippen molar-refractivity contribution in [2.45, 2.75) is 13.8 Å². The van der Waals surface area contributed by atoms with E-state index in [1.165, 1.54) is 5.92 Å². The van der Waals surface area contributed by atoms with E-state index < -0.39 is 0 Å². The predicted octanol–water partition coefficient (Wildman–Crippen LogP) is 1.90. The summed E-state index contributed by atoms with van der Waals surface area (Å²) >= 11 is 0. The maximum atomic E-state index is 3.52. The van der Waals surface area contributed by atoms with Crippen molar-refractivity contribution >= 4 is 17.4 Å². The molecule has 0 saturated carbocycles. The molecular weight excluding hydrogens is 87.0 g/mol. The third-order valence-corrected chi connectivity index (χ3v) is 0.408.